The van der Waals surface area contributed by atoms with Crippen molar-refractivity contribution in [2.45, 2.75) is 26.3 Å². The lowest BCUT2D eigenvalue weighted by molar-refractivity contribution is -0.142. The third-order valence-corrected chi connectivity index (χ3v) is 4.40. The second-order valence-electron chi connectivity index (χ2n) is 6.35. The number of hydrogen-bond acceptors (Lipinski definition) is 5. The van der Waals surface area contributed by atoms with Crippen molar-refractivity contribution in [3.8, 4) is 5.69 Å². The first-order valence-electron chi connectivity index (χ1n) is 9.01. The van der Waals surface area contributed by atoms with Crippen molar-refractivity contribution in [1.29, 1.82) is 0 Å². The zero-order valence-electron chi connectivity index (χ0n) is 16.1. The topological polar surface area (TPSA) is 77.3 Å². The maximum absolute atomic E-state index is 13.3. The van der Waals surface area contributed by atoms with Gasteiger partial charge in [0.25, 0.3) is 5.91 Å². The van der Waals surface area contributed by atoms with Crippen molar-refractivity contribution in [1.82, 2.24) is 15.0 Å². The van der Waals surface area contributed by atoms with Gasteiger partial charge in [-0.2, -0.15) is 0 Å². The molecule has 0 saturated carbocycles. The van der Waals surface area contributed by atoms with Crippen LogP contribution in [-0.4, -0.2) is 40.0 Å². The summed E-state index contributed by atoms with van der Waals surface area (Å²) in [5.74, 6) is -0.895. The molecule has 1 aromatic heterocycles. The van der Waals surface area contributed by atoms with E-state index in [2.05, 4.69) is 10.3 Å². The molecule has 0 radical (unpaired) electrons. The molecule has 0 saturated heterocycles. The van der Waals surface area contributed by atoms with E-state index in [1.54, 1.807) is 23.0 Å². The predicted molar refractivity (Wildman–Crippen MR) is 105 cm³/mol. The summed E-state index contributed by atoms with van der Waals surface area (Å²) in [5, 5.41) is 8.12. The van der Waals surface area contributed by atoms with E-state index in [-0.39, 0.29) is 5.69 Å². The van der Waals surface area contributed by atoms with Gasteiger partial charge in [0.1, 0.15) is 6.04 Å². The van der Waals surface area contributed by atoms with Crippen LogP contribution in [0.15, 0.2) is 60.8 Å². The van der Waals surface area contributed by atoms with Crippen LogP contribution in [0.5, 0.6) is 0 Å². The van der Waals surface area contributed by atoms with Crippen molar-refractivity contribution in [2.75, 3.05) is 12.0 Å². The minimum absolute atomic E-state index is 0.146. The molecule has 0 aliphatic heterocycles. The number of aryl methyl sites for hydroxylation is 1. The lowest BCUT2D eigenvalue weighted by Crippen LogP contribution is -2.45. The Morgan fingerprint density at radius 2 is 1.89 bits per heavy atom. The quantitative estimate of drug-likeness (QED) is 0.616. The highest BCUT2D eigenvalue weighted by molar-refractivity contribution is 6.08. The van der Waals surface area contributed by atoms with Crippen LogP contribution in [0.3, 0.4) is 0 Å². The molecule has 0 fully saturated rings. The van der Waals surface area contributed by atoms with Gasteiger partial charge in [-0.05, 0) is 43.2 Å². The Labute approximate surface area is 163 Å². The Morgan fingerprint density at radius 3 is 2.54 bits per heavy atom. The number of ether oxygens (including phenoxy) is 1. The van der Waals surface area contributed by atoms with E-state index < -0.39 is 17.9 Å². The molecule has 3 aromatic rings. The zero-order valence-corrected chi connectivity index (χ0v) is 16.1. The highest BCUT2D eigenvalue weighted by Gasteiger charge is 2.32. The number of esters is 1. The summed E-state index contributed by atoms with van der Waals surface area (Å²) in [4.78, 5) is 27.0. The monoisotopic (exact) mass is 378 g/mol. The molecule has 3 rings (SSSR count). The second kappa shape index (κ2) is 8.47. The van der Waals surface area contributed by atoms with Crippen molar-refractivity contribution >= 4 is 17.6 Å². The van der Waals surface area contributed by atoms with Crippen LogP contribution >= 0.6 is 0 Å². The van der Waals surface area contributed by atoms with Crippen LogP contribution in [0.4, 0.5) is 5.69 Å². The smallest absolute Gasteiger partial charge is 0.328 e. The summed E-state index contributed by atoms with van der Waals surface area (Å²) in [6.07, 6.45) is 1.97. The molecule has 0 bridgehead atoms. The number of para-hydroxylation sites is 1. The Morgan fingerprint density at radius 1 is 1.14 bits per heavy atom. The number of aromatic nitrogens is 3. The van der Waals surface area contributed by atoms with Crippen LogP contribution in [0.2, 0.25) is 0 Å². The molecule has 0 unspecified atom stereocenters. The zero-order chi connectivity index (χ0) is 20.1. The maximum Gasteiger partial charge on any atom is 0.328 e. The fourth-order valence-corrected chi connectivity index (χ4v) is 3.00. The predicted octanol–water partition coefficient (Wildman–Crippen LogP) is 3.17. The van der Waals surface area contributed by atoms with Gasteiger partial charge in [0, 0.05) is 5.69 Å². The molecule has 144 valence electrons. The van der Waals surface area contributed by atoms with Crippen molar-refractivity contribution in [3.63, 3.8) is 0 Å². The van der Waals surface area contributed by atoms with Gasteiger partial charge in [-0.1, -0.05) is 42.5 Å². The first-order chi connectivity index (χ1) is 13.5. The Kier molecular flexibility index (Phi) is 5.84. The van der Waals surface area contributed by atoms with Gasteiger partial charge < -0.3 is 4.74 Å². The average molecular weight is 378 g/mol. The summed E-state index contributed by atoms with van der Waals surface area (Å²) < 4.78 is 6.45. The summed E-state index contributed by atoms with van der Waals surface area (Å²) in [6, 6.07) is 16.0. The molecule has 0 aliphatic carbocycles. The summed E-state index contributed by atoms with van der Waals surface area (Å²) in [6.45, 7) is 3.81. The largest absolute Gasteiger partial charge is 0.467 e. The standard InChI is InChI=1S/C21H22N4O3/c1-4-19(21(27)28-3)25(16-10-6-5-7-11-16)20(26)18-14-24(23-22-18)17-12-8-9-15(2)13-17/h5-14,19H,4H2,1-3H3/t19-/m0/s1. The number of amides is 1. The highest BCUT2D eigenvalue weighted by atomic mass is 16.5. The minimum atomic E-state index is -0.760. The molecular formula is C21H22N4O3. The first-order valence-corrected chi connectivity index (χ1v) is 9.01. The third kappa shape index (κ3) is 3.93. The molecule has 0 aliphatic rings. The second-order valence-corrected chi connectivity index (χ2v) is 6.35. The number of anilines is 1. The van der Waals surface area contributed by atoms with Crippen molar-refractivity contribution < 1.29 is 14.3 Å². The molecule has 0 spiro atoms. The Bertz CT molecular complexity index is 969. The van der Waals surface area contributed by atoms with Crippen LogP contribution in [0.25, 0.3) is 5.69 Å². The van der Waals surface area contributed by atoms with Crippen LogP contribution in [0, 0.1) is 6.92 Å². The summed E-state index contributed by atoms with van der Waals surface area (Å²) in [5.41, 5.74) is 2.61. The Hall–Kier alpha value is -3.48. The number of carbonyl (C=O) groups excluding carboxylic acids is 2. The number of rotatable bonds is 6. The van der Waals surface area contributed by atoms with E-state index in [1.165, 1.54) is 12.0 Å². The number of benzene rings is 2. The molecule has 1 amide bonds. The van der Waals surface area contributed by atoms with E-state index in [1.807, 2.05) is 56.3 Å². The molecule has 1 atom stereocenters. The number of methoxy groups -OCH3 is 1. The fourth-order valence-electron chi connectivity index (χ4n) is 3.00. The van der Waals surface area contributed by atoms with E-state index in [4.69, 9.17) is 4.74 Å². The van der Waals surface area contributed by atoms with Gasteiger partial charge in [0.2, 0.25) is 0 Å². The molecule has 7 heteroatoms. The van der Waals surface area contributed by atoms with Crippen LogP contribution in [-0.2, 0) is 9.53 Å². The minimum Gasteiger partial charge on any atom is -0.467 e. The van der Waals surface area contributed by atoms with E-state index in [9.17, 15) is 9.59 Å². The number of nitrogens with zero attached hydrogens (tertiary/aromatic N) is 4. The van der Waals surface area contributed by atoms with Gasteiger partial charge >= 0.3 is 5.97 Å². The average Bonchev–Trinajstić information content (AvgIpc) is 3.22. The van der Waals surface area contributed by atoms with Gasteiger partial charge in [-0.25, -0.2) is 9.48 Å². The van der Waals surface area contributed by atoms with E-state index in [0.717, 1.165) is 11.3 Å². The van der Waals surface area contributed by atoms with Crippen LogP contribution in [0.1, 0.15) is 29.4 Å². The molecule has 0 N–H and O–H groups in total. The maximum atomic E-state index is 13.3. The summed E-state index contributed by atoms with van der Waals surface area (Å²) >= 11 is 0. The Balaban J connectivity index is 1.99. The molecule has 2 aromatic carbocycles. The third-order valence-electron chi connectivity index (χ3n) is 4.40. The van der Waals surface area contributed by atoms with Gasteiger partial charge in [-0.3, -0.25) is 9.69 Å². The lowest BCUT2D eigenvalue weighted by atomic mass is 10.1. The van der Waals surface area contributed by atoms with Crippen LogP contribution < -0.4 is 4.90 Å². The van der Waals surface area contributed by atoms with Crippen molar-refractivity contribution in [3.05, 3.63) is 72.1 Å². The normalized spacial score (nSPS) is 11.7. The molecular weight excluding hydrogens is 356 g/mol. The summed E-state index contributed by atoms with van der Waals surface area (Å²) in [7, 11) is 1.31. The molecule has 28 heavy (non-hydrogen) atoms. The van der Waals surface area contributed by atoms with Gasteiger partial charge in [-0.15, -0.1) is 5.10 Å². The first kappa shape index (κ1) is 19.3. The number of hydrogen-bond donors (Lipinski definition) is 0. The van der Waals surface area contributed by atoms with Gasteiger partial charge in [0.15, 0.2) is 5.69 Å². The fraction of sp³-hybridized carbons (Fsp3) is 0.238. The lowest BCUT2D eigenvalue weighted by Gasteiger charge is -2.28. The molecule has 1 heterocycles. The highest BCUT2D eigenvalue weighted by Crippen LogP contribution is 2.22. The van der Waals surface area contributed by atoms with E-state index in [0.29, 0.717) is 12.1 Å². The van der Waals surface area contributed by atoms with Crippen molar-refractivity contribution in [2.24, 2.45) is 0 Å². The van der Waals surface area contributed by atoms with E-state index >= 15 is 0 Å². The molecule has 7 nitrogen and oxygen atoms in total. The SMILES string of the molecule is CC[C@@H](C(=O)OC)N(C(=O)c1cn(-c2cccc(C)c2)nn1)c1ccccc1. The number of carbonyl (C=O) groups is 2. The van der Waals surface area contributed by atoms with Gasteiger partial charge in [0.05, 0.1) is 19.0 Å².